The van der Waals surface area contributed by atoms with Gasteiger partial charge >= 0.3 is 5.97 Å². The Morgan fingerprint density at radius 2 is 2.30 bits per heavy atom. The summed E-state index contributed by atoms with van der Waals surface area (Å²) in [6.45, 7) is 2.07. The average molecular weight is 334 g/mol. The molecule has 1 aromatic carbocycles. The molecule has 0 atom stereocenters. The zero-order chi connectivity index (χ0) is 16.7. The van der Waals surface area contributed by atoms with Gasteiger partial charge in [-0.2, -0.15) is 5.10 Å². The first-order valence-electron chi connectivity index (χ1n) is 6.72. The number of nitrogens with zero attached hydrogens (tertiary/aromatic N) is 3. The number of hydrazone groups is 1. The zero-order valence-corrected chi connectivity index (χ0v) is 13.1. The molecule has 0 amide bonds. The van der Waals surface area contributed by atoms with Crippen LogP contribution in [0.1, 0.15) is 18.2 Å². The van der Waals surface area contributed by atoms with E-state index in [9.17, 15) is 14.9 Å². The summed E-state index contributed by atoms with van der Waals surface area (Å²) in [4.78, 5) is 25.9. The molecule has 1 heterocycles. The van der Waals surface area contributed by atoms with Crippen LogP contribution in [0.4, 0.5) is 10.8 Å². The molecule has 0 aliphatic heterocycles. The Morgan fingerprint density at radius 3 is 3.04 bits per heavy atom. The van der Waals surface area contributed by atoms with Crippen LogP contribution in [0.5, 0.6) is 0 Å². The second-order valence-corrected chi connectivity index (χ2v) is 5.17. The fourth-order valence-corrected chi connectivity index (χ4v) is 2.38. The molecular weight excluding hydrogens is 320 g/mol. The van der Waals surface area contributed by atoms with Crippen LogP contribution in [-0.4, -0.2) is 28.7 Å². The summed E-state index contributed by atoms with van der Waals surface area (Å²) >= 11 is 1.28. The Labute approximate surface area is 136 Å². The summed E-state index contributed by atoms with van der Waals surface area (Å²) in [5.74, 6) is -0.340. The Balaban J connectivity index is 1.98. The van der Waals surface area contributed by atoms with Gasteiger partial charge in [-0.05, 0) is 13.0 Å². The Hall–Kier alpha value is -2.81. The largest absolute Gasteiger partial charge is 0.466 e. The molecule has 23 heavy (non-hydrogen) atoms. The van der Waals surface area contributed by atoms with Crippen molar-refractivity contribution in [2.45, 2.75) is 13.3 Å². The number of hydrogen-bond donors (Lipinski definition) is 1. The van der Waals surface area contributed by atoms with Crippen molar-refractivity contribution < 1.29 is 14.5 Å². The first-order valence-corrected chi connectivity index (χ1v) is 7.60. The number of thiazole rings is 1. The molecule has 8 nitrogen and oxygen atoms in total. The highest BCUT2D eigenvalue weighted by Crippen LogP contribution is 2.17. The van der Waals surface area contributed by atoms with E-state index in [-0.39, 0.29) is 18.1 Å². The van der Waals surface area contributed by atoms with E-state index in [0.29, 0.717) is 23.0 Å². The van der Waals surface area contributed by atoms with Gasteiger partial charge in [0.2, 0.25) is 5.13 Å². The number of anilines is 1. The lowest BCUT2D eigenvalue weighted by Crippen LogP contribution is -2.07. The molecule has 0 aliphatic carbocycles. The second kappa shape index (κ2) is 7.99. The molecule has 2 aromatic rings. The maximum absolute atomic E-state index is 11.4. The SMILES string of the molecule is CCOC(=O)Cc1csc(NN=Cc2ccccc2[N+](=O)[O-])n1. The van der Waals surface area contributed by atoms with Crippen molar-refractivity contribution >= 4 is 34.3 Å². The van der Waals surface area contributed by atoms with Crippen molar-refractivity contribution in [2.75, 3.05) is 12.0 Å². The van der Waals surface area contributed by atoms with Crippen molar-refractivity contribution in [2.24, 2.45) is 5.10 Å². The third-order valence-electron chi connectivity index (χ3n) is 2.68. The van der Waals surface area contributed by atoms with E-state index in [1.165, 1.54) is 23.6 Å². The summed E-state index contributed by atoms with van der Waals surface area (Å²) in [5, 5.41) is 17.0. The molecule has 0 saturated carbocycles. The minimum absolute atomic E-state index is 0.0276. The maximum atomic E-state index is 11.4. The normalized spacial score (nSPS) is 10.7. The van der Waals surface area contributed by atoms with E-state index in [2.05, 4.69) is 15.5 Å². The average Bonchev–Trinajstić information content (AvgIpc) is 2.95. The van der Waals surface area contributed by atoms with Gasteiger partial charge in [0.05, 0.1) is 35.4 Å². The predicted molar refractivity (Wildman–Crippen MR) is 86.8 cm³/mol. The standard InChI is InChI=1S/C14H14N4O4S/c1-2-22-13(19)7-11-9-23-14(16-11)17-15-8-10-5-3-4-6-12(10)18(20)21/h3-6,8-9H,2,7H2,1H3,(H,16,17). The molecular formula is C14H14N4O4S. The zero-order valence-electron chi connectivity index (χ0n) is 12.3. The van der Waals surface area contributed by atoms with Crippen LogP contribution in [0.15, 0.2) is 34.7 Å². The van der Waals surface area contributed by atoms with Gasteiger partial charge in [0, 0.05) is 11.4 Å². The van der Waals surface area contributed by atoms with Crippen LogP contribution in [-0.2, 0) is 16.0 Å². The monoisotopic (exact) mass is 334 g/mol. The lowest BCUT2D eigenvalue weighted by atomic mass is 10.2. The van der Waals surface area contributed by atoms with E-state index >= 15 is 0 Å². The van der Waals surface area contributed by atoms with E-state index in [0.717, 1.165) is 0 Å². The first-order chi connectivity index (χ1) is 11.1. The van der Waals surface area contributed by atoms with Crippen LogP contribution in [0.2, 0.25) is 0 Å². The number of nitro benzene ring substituents is 1. The lowest BCUT2D eigenvalue weighted by molar-refractivity contribution is -0.385. The summed E-state index contributed by atoms with van der Waals surface area (Å²) in [5.41, 5.74) is 3.62. The Morgan fingerprint density at radius 1 is 1.52 bits per heavy atom. The highest BCUT2D eigenvalue weighted by Gasteiger charge is 2.10. The van der Waals surface area contributed by atoms with Crippen molar-refractivity contribution in [1.82, 2.24) is 4.98 Å². The fraction of sp³-hybridized carbons (Fsp3) is 0.214. The molecule has 0 saturated heterocycles. The molecule has 1 N–H and O–H groups in total. The fourth-order valence-electron chi connectivity index (χ4n) is 1.72. The molecule has 9 heteroatoms. The third kappa shape index (κ3) is 4.85. The highest BCUT2D eigenvalue weighted by atomic mass is 32.1. The van der Waals surface area contributed by atoms with E-state index in [1.807, 2.05) is 0 Å². The summed E-state index contributed by atoms with van der Waals surface area (Å²) < 4.78 is 4.84. The maximum Gasteiger partial charge on any atom is 0.311 e. The second-order valence-electron chi connectivity index (χ2n) is 4.31. The van der Waals surface area contributed by atoms with Gasteiger partial charge < -0.3 is 4.74 Å². The molecule has 0 spiro atoms. The molecule has 2 rings (SSSR count). The van der Waals surface area contributed by atoms with Crippen molar-refractivity contribution in [3.8, 4) is 0 Å². The number of nitro groups is 1. The van der Waals surface area contributed by atoms with Gasteiger partial charge in [-0.15, -0.1) is 11.3 Å². The number of rotatable bonds is 7. The predicted octanol–water partition coefficient (Wildman–Crippen LogP) is 2.60. The quantitative estimate of drug-likeness (QED) is 0.361. The summed E-state index contributed by atoms with van der Waals surface area (Å²) in [6, 6.07) is 6.28. The van der Waals surface area contributed by atoms with Gasteiger partial charge in [-0.25, -0.2) is 4.98 Å². The van der Waals surface area contributed by atoms with Gasteiger partial charge in [-0.1, -0.05) is 12.1 Å². The number of nitrogens with one attached hydrogen (secondary N) is 1. The third-order valence-corrected chi connectivity index (χ3v) is 3.48. The van der Waals surface area contributed by atoms with Crippen LogP contribution in [0.3, 0.4) is 0 Å². The van der Waals surface area contributed by atoms with E-state index in [1.54, 1.807) is 30.5 Å². The van der Waals surface area contributed by atoms with Crippen LogP contribution >= 0.6 is 11.3 Å². The Bertz CT molecular complexity index is 729. The summed E-state index contributed by atoms with van der Waals surface area (Å²) in [6.07, 6.45) is 1.45. The van der Waals surface area contributed by atoms with Crippen molar-refractivity contribution in [1.29, 1.82) is 0 Å². The van der Waals surface area contributed by atoms with Crippen LogP contribution < -0.4 is 5.43 Å². The van der Waals surface area contributed by atoms with Crippen LogP contribution in [0.25, 0.3) is 0 Å². The molecule has 0 bridgehead atoms. The Kier molecular flexibility index (Phi) is 5.75. The number of carbonyl (C=O) groups excluding carboxylic acids is 1. The highest BCUT2D eigenvalue weighted by molar-refractivity contribution is 7.13. The number of carbonyl (C=O) groups is 1. The minimum Gasteiger partial charge on any atom is -0.466 e. The van der Waals surface area contributed by atoms with Gasteiger partial charge in [0.25, 0.3) is 5.69 Å². The van der Waals surface area contributed by atoms with Crippen molar-refractivity contribution in [3.63, 3.8) is 0 Å². The first kappa shape index (κ1) is 16.6. The number of esters is 1. The molecule has 0 radical (unpaired) electrons. The number of ether oxygens (including phenoxy) is 1. The van der Waals surface area contributed by atoms with Gasteiger partial charge in [-0.3, -0.25) is 20.3 Å². The number of para-hydroxylation sites is 1. The lowest BCUT2D eigenvalue weighted by Gasteiger charge is -1.98. The number of benzene rings is 1. The topological polar surface area (TPSA) is 107 Å². The number of hydrogen-bond acceptors (Lipinski definition) is 8. The summed E-state index contributed by atoms with van der Waals surface area (Å²) in [7, 11) is 0. The van der Waals surface area contributed by atoms with Crippen molar-refractivity contribution in [3.05, 3.63) is 51.0 Å². The van der Waals surface area contributed by atoms with E-state index in [4.69, 9.17) is 4.74 Å². The smallest absolute Gasteiger partial charge is 0.311 e. The molecule has 0 aliphatic rings. The van der Waals surface area contributed by atoms with Gasteiger partial charge in [0.1, 0.15) is 0 Å². The minimum atomic E-state index is -0.470. The number of aromatic nitrogens is 1. The van der Waals surface area contributed by atoms with E-state index < -0.39 is 4.92 Å². The molecule has 1 aromatic heterocycles. The van der Waals surface area contributed by atoms with Gasteiger partial charge in [0.15, 0.2) is 0 Å². The molecule has 0 fully saturated rings. The molecule has 0 unspecified atom stereocenters. The van der Waals surface area contributed by atoms with Crippen LogP contribution in [0, 0.1) is 10.1 Å². The molecule has 120 valence electrons.